The van der Waals surface area contributed by atoms with Gasteiger partial charge in [-0.2, -0.15) is 0 Å². The maximum Gasteiger partial charge on any atom is 0.150 e. The van der Waals surface area contributed by atoms with Gasteiger partial charge in [-0.05, 0) is 36.8 Å². The average molecular weight is 283 g/mol. The molecule has 0 amide bonds. The summed E-state index contributed by atoms with van der Waals surface area (Å²) in [6, 6.07) is 6.07. The maximum absolute atomic E-state index is 11.0. The lowest BCUT2D eigenvalue weighted by Crippen LogP contribution is -2.00. The predicted octanol–water partition coefficient (Wildman–Crippen LogP) is 4.17. The molecule has 1 aromatic rings. The summed E-state index contributed by atoms with van der Waals surface area (Å²) in [4.78, 5) is 11.0. The molecule has 0 aliphatic carbocycles. The molecule has 1 aromatic carbocycles. The van der Waals surface area contributed by atoms with E-state index in [1.165, 1.54) is 17.5 Å². The van der Waals surface area contributed by atoms with Gasteiger partial charge >= 0.3 is 0 Å². The number of halogens is 1. The minimum Gasteiger partial charge on any atom is -0.298 e. The first-order valence-electron chi connectivity index (χ1n) is 5.95. The molecule has 16 heavy (non-hydrogen) atoms. The monoisotopic (exact) mass is 282 g/mol. The van der Waals surface area contributed by atoms with E-state index in [1.807, 2.05) is 12.1 Å². The minimum absolute atomic E-state index is 0.875. The first-order valence-corrected chi connectivity index (χ1v) is 7.07. The van der Waals surface area contributed by atoms with Crippen LogP contribution < -0.4 is 0 Å². The van der Waals surface area contributed by atoms with E-state index in [0.717, 1.165) is 42.9 Å². The smallest absolute Gasteiger partial charge is 0.150 e. The van der Waals surface area contributed by atoms with Crippen LogP contribution in [0.15, 0.2) is 18.2 Å². The van der Waals surface area contributed by atoms with Crippen molar-refractivity contribution in [3.05, 3.63) is 34.9 Å². The van der Waals surface area contributed by atoms with E-state index in [2.05, 4.69) is 28.9 Å². The van der Waals surface area contributed by atoms with Crippen molar-refractivity contribution in [1.82, 2.24) is 0 Å². The molecule has 0 fully saturated rings. The number of rotatable bonds is 7. The van der Waals surface area contributed by atoms with Gasteiger partial charge in [-0.1, -0.05) is 47.5 Å². The summed E-state index contributed by atoms with van der Waals surface area (Å²) in [6.45, 7) is 2.18. The van der Waals surface area contributed by atoms with Crippen molar-refractivity contribution in [2.24, 2.45) is 0 Å². The van der Waals surface area contributed by atoms with Crippen molar-refractivity contribution in [3.8, 4) is 0 Å². The second-order valence-corrected chi connectivity index (χ2v) is 4.79. The van der Waals surface area contributed by atoms with Crippen LogP contribution in [0, 0.1) is 0 Å². The molecule has 1 nitrogen and oxygen atoms in total. The van der Waals surface area contributed by atoms with Crippen molar-refractivity contribution in [1.29, 1.82) is 0 Å². The molecule has 0 heterocycles. The van der Waals surface area contributed by atoms with E-state index in [0.29, 0.717) is 0 Å². The number of carbonyl (C=O) groups excluding carboxylic acids is 1. The Hall–Kier alpha value is -0.630. The van der Waals surface area contributed by atoms with Crippen LogP contribution in [0.4, 0.5) is 0 Å². The number of aryl methyl sites for hydroxylation is 1. The van der Waals surface area contributed by atoms with Crippen LogP contribution in [0.2, 0.25) is 0 Å². The number of unbranched alkanes of at least 4 members (excludes halogenated alkanes) is 1. The Morgan fingerprint density at radius 2 is 2.06 bits per heavy atom. The fourth-order valence-electron chi connectivity index (χ4n) is 1.91. The molecule has 0 aromatic heterocycles. The highest BCUT2D eigenvalue weighted by Crippen LogP contribution is 2.18. The molecule has 0 saturated heterocycles. The summed E-state index contributed by atoms with van der Waals surface area (Å²) in [5.41, 5.74) is 3.48. The standard InChI is InChI=1S/C14H19BrO/c1-2-3-9-14-12(8-5-10-15)6-4-7-13(14)11-16/h4,6-7,11H,2-3,5,8-10H2,1H3. The average Bonchev–Trinajstić information content (AvgIpc) is 2.33. The molecular formula is C14H19BrO. The van der Waals surface area contributed by atoms with Crippen LogP contribution in [0.1, 0.15) is 47.7 Å². The Labute approximate surface area is 106 Å². The van der Waals surface area contributed by atoms with Crippen molar-refractivity contribution < 1.29 is 4.79 Å². The fraction of sp³-hybridized carbons (Fsp3) is 0.500. The summed E-state index contributed by atoms with van der Waals surface area (Å²) in [5.74, 6) is 0. The topological polar surface area (TPSA) is 17.1 Å². The van der Waals surface area contributed by atoms with E-state index in [-0.39, 0.29) is 0 Å². The summed E-state index contributed by atoms with van der Waals surface area (Å²) < 4.78 is 0. The highest BCUT2D eigenvalue weighted by molar-refractivity contribution is 9.09. The van der Waals surface area contributed by atoms with Gasteiger partial charge in [-0.15, -0.1) is 0 Å². The van der Waals surface area contributed by atoms with Gasteiger partial charge in [-0.25, -0.2) is 0 Å². The zero-order valence-electron chi connectivity index (χ0n) is 9.84. The maximum atomic E-state index is 11.0. The van der Waals surface area contributed by atoms with Crippen LogP contribution in [0.3, 0.4) is 0 Å². The molecule has 88 valence electrons. The Bertz CT molecular complexity index is 334. The van der Waals surface area contributed by atoms with E-state index in [1.54, 1.807) is 0 Å². The van der Waals surface area contributed by atoms with Crippen molar-refractivity contribution in [2.45, 2.75) is 39.0 Å². The highest BCUT2D eigenvalue weighted by Gasteiger charge is 2.06. The summed E-state index contributed by atoms with van der Waals surface area (Å²) in [6.07, 6.45) is 6.54. The third-order valence-electron chi connectivity index (χ3n) is 2.80. The zero-order valence-corrected chi connectivity index (χ0v) is 11.4. The first kappa shape index (κ1) is 13.4. The SMILES string of the molecule is CCCCc1c(C=O)cccc1CCCBr. The molecular weight excluding hydrogens is 264 g/mol. The van der Waals surface area contributed by atoms with Crippen LogP contribution in [0.25, 0.3) is 0 Å². The van der Waals surface area contributed by atoms with E-state index in [4.69, 9.17) is 0 Å². The Balaban J connectivity index is 2.90. The minimum atomic E-state index is 0.875. The summed E-state index contributed by atoms with van der Waals surface area (Å²) in [5, 5.41) is 1.02. The Morgan fingerprint density at radius 1 is 1.25 bits per heavy atom. The molecule has 1 rings (SSSR count). The molecule has 0 saturated carbocycles. The van der Waals surface area contributed by atoms with Gasteiger partial charge in [0.25, 0.3) is 0 Å². The van der Waals surface area contributed by atoms with Crippen molar-refractivity contribution in [3.63, 3.8) is 0 Å². The molecule has 0 radical (unpaired) electrons. The second-order valence-electron chi connectivity index (χ2n) is 4.00. The van der Waals surface area contributed by atoms with Gasteiger partial charge in [0.05, 0.1) is 0 Å². The van der Waals surface area contributed by atoms with Gasteiger partial charge in [0.2, 0.25) is 0 Å². The lowest BCUT2D eigenvalue weighted by atomic mass is 9.94. The van der Waals surface area contributed by atoms with Crippen LogP contribution in [-0.4, -0.2) is 11.6 Å². The van der Waals surface area contributed by atoms with Crippen LogP contribution >= 0.6 is 15.9 Å². The molecule has 0 aliphatic rings. The normalized spacial score (nSPS) is 10.4. The molecule has 0 spiro atoms. The van der Waals surface area contributed by atoms with Crippen LogP contribution in [-0.2, 0) is 12.8 Å². The van der Waals surface area contributed by atoms with Gasteiger partial charge in [0, 0.05) is 10.9 Å². The third-order valence-corrected chi connectivity index (χ3v) is 3.36. The predicted molar refractivity (Wildman–Crippen MR) is 72.6 cm³/mol. The van der Waals surface area contributed by atoms with E-state index < -0.39 is 0 Å². The Kier molecular flexibility index (Phi) is 6.39. The quantitative estimate of drug-likeness (QED) is 0.542. The fourth-order valence-corrected chi connectivity index (χ4v) is 2.20. The highest BCUT2D eigenvalue weighted by atomic mass is 79.9. The second kappa shape index (κ2) is 7.61. The third kappa shape index (κ3) is 3.75. The first-order chi connectivity index (χ1) is 7.83. The Morgan fingerprint density at radius 3 is 2.69 bits per heavy atom. The molecule has 0 bridgehead atoms. The van der Waals surface area contributed by atoms with Gasteiger partial charge < -0.3 is 0 Å². The van der Waals surface area contributed by atoms with Gasteiger partial charge in [0.1, 0.15) is 6.29 Å². The summed E-state index contributed by atoms with van der Waals surface area (Å²) in [7, 11) is 0. The number of hydrogen-bond donors (Lipinski definition) is 0. The van der Waals surface area contributed by atoms with Gasteiger partial charge in [0.15, 0.2) is 0 Å². The largest absolute Gasteiger partial charge is 0.298 e. The molecule has 0 aliphatic heterocycles. The molecule has 0 atom stereocenters. The molecule has 0 unspecified atom stereocenters. The lowest BCUT2D eigenvalue weighted by molar-refractivity contribution is 0.112. The molecule has 2 heteroatoms. The summed E-state index contributed by atoms with van der Waals surface area (Å²) >= 11 is 3.45. The number of alkyl halides is 1. The van der Waals surface area contributed by atoms with E-state index >= 15 is 0 Å². The number of hydrogen-bond acceptors (Lipinski definition) is 1. The zero-order chi connectivity index (χ0) is 11.8. The van der Waals surface area contributed by atoms with E-state index in [9.17, 15) is 4.79 Å². The van der Waals surface area contributed by atoms with Gasteiger partial charge in [-0.3, -0.25) is 4.79 Å². The lowest BCUT2D eigenvalue weighted by Gasteiger charge is -2.11. The van der Waals surface area contributed by atoms with Crippen molar-refractivity contribution >= 4 is 22.2 Å². The number of benzene rings is 1. The number of carbonyl (C=O) groups is 1. The van der Waals surface area contributed by atoms with Crippen molar-refractivity contribution in [2.75, 3.05) is 5.33 Å². The van der Waals surface area contributed by atoms with Crippen LogP contribution in [0.5, 0.6) is 0 Å². The molecule has 0 N–H and O–H groups in total. The number of aldehydes is 1.